The summed E-state index contributed by atoms with van der Waals surface area (Å²) in [6, 6.07) is 49.8. The van der Waals surface area contributed by atoms with Crippen LogP contribution in [0.25, 0.3) is 167 Å². The summed E-state index contributed by atoms with van der Waals surface area (Å²) in [5, 5.41) is 9.48. The third kappa shape index (κ3) is 21.8. The lowest BCUT2D eigenvalue weighted by Crippen LogP contribution is -2.32. The number of benzene rings is 5. The van der Waals surface area contributed by atoms with Crippen molar-refractivity contribution in [1.82, 2.24) is 24.9 Å². The molecule has 0 bridgehead atoms. The number of pyridine rings is 10. The van der Waals surface area contributed by atoms with Crippen LogP contribution in [-0.2, 0) is 80.0 Å². The SMILES string of the molecule is CCc1ccc2c(n1)oc1c(-c3cc(CC(C)(C)C)c(C)c[n+]3C)c(C)ccc12.Cc1c[n+](C)c(-c2c(C)ccc3c2oc2nc(C(C)C)ccc23)cc1CC(C)(C)C.[2H]C([2H])([2H])c1c[n+](C)c(-c2c(C)ccc3c2oc2nc(C(C)C)ccc23)cc1C([2H])([2H])C(C)C.[2H]C([2H])([2H])c1c[n+](C)c(-c2c(C)ccc3c2oc2nc(C(C)C)ccc23)cc1C([2H])([2H])C([2H])(C)C([2H])([2H])[2H].[2H]C([2H])([2H])c1c[n+](C)c(-c2c(C)ccc3c2oc2nc(CC)ccc23)cc1C([2H])([2H])C([2H])(C)C([2H])([2H])[2H]. The number of aryl methyl sites for hydroxylation is 17. The minimum Gasteiger partial charge on any atom is -0.437 e. The fourth-order valence-electron chi connectivity index (χ4n) is 19.6. The van der Waals surface area contributed by atoms with Crippen molar-refractivity contribution in [2.24, 2.45) is 63.8 Å². The minimum atomic E-state index is -3.02. The average Bonchev–Trinajstić information content (AvgIpc) is 1.09. The average molecular weight is 1960 g/mol. The zero-order valence-electron chi connectivity index (χ0n) is 113. The standard InChI is InChI=1S/C27H33N2O.3C26H31N2O.C25H29N2O/c1-16(2)22-12-11-21-20-10-9-17(3)24(25(20)30-26(21)28-22)23-13-19(14-27(5,6)7)18(4)15-29(23)8;2*1-15(2)12-19-13-23(28(7)14-18(19)6)24-17(5)8-9-20-21-10-11-22(16(3)4)27-26(21)29-25(20)24;1-8-19-10-12-21-20-11-9-16(2)23(24(20)29-25(21)27-19)22-13-18(14-26(4,5)6)17(3)15-28(22)7;1-7-19-9-11-21-20-10-8-16(4)23(24(20)28-25(21)26-19)22-13-18(12-15(2)3)17(5)14-27(22)6/h9-13,15-16H,14H2,1-8H3;2*8-11,13-16H,12H2,1-7H3;9-13,15H,8,14H2,1-7H3;8-11,13-15H,7,12H2,1-6H3/q5*+1/i;1D3,6D3,12D2,15D;6D3,12D2;;2D3,5D3,12D2,15D. The van der Waals surface area contributed by atoms with Gasteiger partial charge in [-0.05, 0) is 276 Å². The maximum atomic E-state index is 8.77. The molecule has 2 unspecified atom stereocenters. The molecule has 2 atom stereocenters. The van der Waals surface area contributed by atoms with Crippen molar-refractivity contribution < 1.29 is 76.4 Å². The van der Waals surface area contributed by atoms with Gasteiger partial charge in [0.2, 0.25) is 57.0 Å². The molecule has 0 spiro atoms. The molecule has 15 heteroatoms. The lowest BCUT2D eigenvalue weighted by atomic mass is 9.86. The van der Waals surface area contributed by atoms with Crippen LogP contribution in [0.3, 0.4) is 0 Å². The maximum Gasteiger partial charge on any atom is 0.227 e. The number of aromatic nitrogens is 10. The zero-order chi connectivity index (χ0) is 124. The topological polar surface area (TPSA) is 150 Å². The summed E-state index contributed by atoms with van der Waals surface area (Å²) in [5.41, 5.74) is 29.2. The van der Waals surface area contributed by atoms with Crippen molar-refractivity contribution in [3.05, 3.63) is 295 Å². The molecule has 20 aromatic rings. The molecule has 0 N–H and O–H groups in total. The fraction of sp³-hybridized carbons (Fsp3) is 0.385. The molecule has 0 saturated heterocycles. The first-order valence-electron chi connectivity index (χ1n) is 61.9. The second-order valence-corrected chi connectivity index (χ2v) is 42.9. The molecular formula is C130H155N10O5+5. The molecule has 0 aliphatic rings. The van der Waals surface area contributed by atoms with Crippen LogP contribution in [0.2, 0.25) is 0 Å². The maximum absolute atomic E-state index is 8.77. The van der Waals surface area contributed by atoms with Gasteiger partial charge in [0.25, 0.3) is 0 Å². The second kappa shape index (κ2) is 42.0. The van der Waals surface area contributed by atoms with Gasteiger partial charge in [0.15, 0.2) is 58.9 Å². The van der Waals surface area contributed by atoms with E-state index >= 15 is 0 Å². The Morgan fingerprint density at radius 3 is 0.745 bits per heavy atom. The van der Waals surface area contributed by atoms with Crippen LogP contribution in [0.1, 0.15) is 300 Å². The van der Waals surface area contributed by atoms with E-state index in [1.807, 2.05) is 114 Å². The first kappa shape index (κ1) is 78.0. The van der Waals surface area contributed by atoms with Crippen molar-refractivity contribution in [3.63, 3.8) is 0 Å². The van der Waals surface area contributed by atoms with Crippen LogP contribution in [0.5, 0.6) is 0 Å². The van der Waals surface area contributed by atoms with Crippen LogP contribution in [0, 0.1) is 97.6 Å². The van der Waals surface area contributed by atoms with Crippen LogP contribution < -0.4 is 22.8 Å². The number of nitrogens with zero attached hydrogens (tertiary/aromatic N) is 10. The van der Waals surface area contributed by atoms with Crippen LogP contribution in [0.4, 0.5) is 0 Å². The highest BCUT2D eigenvalue weighted by Gasteiger charge is 2.32. The van der Waals surface area contributed by atoms with Crippen LogP contribution in [-0.4, -0.2) is 24.9 Å². The number of furan rings is 5. The third-order valence-electron chi connectivity index (χ3n) is 27.1. The summed E-state index contributed by atoms with van der Waals surface area (Å²) in [5.74, 6) is -4.83. The Morgan fingerprint density at radius 2 is 0.517 bits per heavy atom. The Labute approximate surface area is 892 Å². The van der Waals surface area contributed by atoms with Gasteiger partial charge in [0.1, 0.15) is 35.2 Å². The van der Waals surface area contributed by atoms with E-state index in [-0.39, 0.29) is 56.0 Å². The van der Waals surface area contributed by atoms with Gasteiger partial charge in [-0.3, -0.25) is 0 Å². The Hall–Kier alpha value is -13.4. The Bertz CT molecular complexity index is 9450. The molecule has 0 saturated carbocycles. The highest BCUT2D eigenvalue weighted by molar-refractivity contribution is 6.13. The number of hydrogen-bond donors (Lipinski definition) is 0. The highest BCUT2D eigenvalue weighted by Crippen LogP contribution is 2.45. The second-order valence-electron chi connectivity index (χ2n) is 42.9. The molecule has 15 heterocycles. The van der Waals surface area contributed by atoms with Crippen molar-refractivity contribution in [3.8, 4) is 56.3 Å². The first-order valence-corrected chi connectivity index (χ1v) is 50.4. The van der Waals surface area contributed by atoms with E-state index in [2.05, 4.69) is 210 Å². The molecular weight excluding hydrogens is 1780 g/mol. The smallest absolute Gasteiger partial charge is 0.227 e. The Morgan fingerprint density at radius 1 is 0.290 bits per heavy atom. The molecule has 20 rings (SSSR count). The van der Waals surface area contributed by atoms with E-state index in [9.17, 15) is 0 Å². The summed E-state index contributed by atoms with van der Waals surface area (Å²) in [7, 11) is 9.32. The predicted octanol–water partition coefficient (Wildman–Crippen LogP) is 31.7. The van der Waals surface area contributed by atoms with Crippen molar-refractivity contribution >= 4 is 110 Å². The number of rotatable bonds is 18. The summed E-state index contributed by atoms with van der Waals surface area (Å²) in [6.07, 6.45) is 4.83. The normalized spacial score (nSPS) is 16.0. The van der Waals surface area contributed by atoms with E-state index in [1.54, 1.807) is 54.8 Å². The molecule has 0 aliphatic carbocycles. The van der Waals surface area contributed by atoms with Gasteiger partial charge in [-0.2, -0.15) is 0 Å². The van der Waals surface area contributed by atoms with E-state index in [0.717, 1.165) is 178 Å². The molecule has 15 nitrogen and oxygen atoms in total. The highest BCUT2D eigenvalue weighted by atomic mass is 16.4. The van der Waals surface area contributed by atoms with Crippen LogP contribution in [0.15, 0.2) is 205 Å². The summed E-state index contributed by atoms with van der Waals surface area (Å²) < 4.78 is 230. The molecule has 0 fully saturated rings. The van der Waals surface area contributed by atoms with Gasteiger partial charge < -0.3 is 22.1 Å². The number of fused-ring (bicyclic) bond motifs is 15. The first-order chi connectivity index (χ1) is 77.7. The van der Waals surface area contributed by atoms with Crippen molar-refractivity contribution in [2.75, 3.05) is 0 Å². The van der Waals surface area contributed by atoms with Gasteiger partial charge in [-0.1, -0.05) is 199 Å². The Balaban J connectivity index is 0.000000147. The summed E-state index contributed by atoms with van der Waals surface area (Å²) in [4.78, 5) is 23.5. The lowest BCUT2D eigenvalue weighted by molar-refractivity contribution is -0.660. The van der Waals surface area contributed by atoms with Gasteiger partial charge in [0, 0.05) is 172 Å². The van der Waals surface area contributed by atoms with Crippen molar-refractivity contribution in [1.29, 1.82) is 0 Å². The fourth-order valence-corrected chi connectivity index (χ4v) is 19.6. The van der Waals surface area contributed by atoms with E-state index < -0.39 is 71.1 Å². The molecule has 0 radical (unpaired) electrons. The predicted molar refractivity (Wildman–Crippen MR) is 601 cm³/mol. The molecule has 750 valence electrons. The third-order valence-corrected chi connectivity index (χ3v) is 27.1. The summed E-state index contributed by atoms with van der Waals surface area (Å²) in [6.45, 7) is 36.4. The van der Waals surface area contributed by atoms with Gasteiger partial charge in [0.05, 0.1) is 27.8 Å². The quantitative estimate of drug-likeness (QED) is 0.0760. The van der Waals surface area contributed by atoms with Gasteiger partial charge in [-0.15, -0.1) is 0 Å². The van der Waals surface area contributed by atoms with E-state index in [0.29, 0.717) is 68.0 Å². The largest absolute Gasteiger partial charge is 0.437 e. The number of hydrogen-bond acceptors (Lipinski definition) is 10. The van der Waals surface area contributed by atoms with Crippen molar-refractivity contribution in [2.45, 2.75) is 270 Å². The molecule has 15 aromatic heterocycles. The molecule has 5 aromatic carbocycles. The minimum absolute atomic E-state index is 0.0233. The molecule has 145 heavy (non-hydrogen) atoms. The molecule has 0 amide bonds. The Kier molecular flexibility index (Phi) is 22.6. The molecule has 0 aliphatic heterocycles. The van der Waals surface area contributed by atoms with Crippen LogP contribution >= 0.6 is 0 Å². The summed E-state index contributed by atoms with van der Waals surface area (Å²) >= 11 is 0. The van der Waals surface area contributed by atoms with E-state index in [4.69, 9.17) is 68.6 Å². The lowest BCUT2D eigenvalue weighted by Gasteiger charge is -2.19. The van der Waals surface area contributed by atoms with Gasteiger partial charge in [-0.25, -0.2) is 47.8 Å². The van der Waals surface area contributed by atoms with E-state index in [1.165, 1.54) is 75.5 Å². The zero-order valence-corrected chi connectivity index (χ0v) is 90.0. The monoisotopic (exact) mass is 1960 g/mol. The van der Waals surface area contributed by atoms with Gasteiger partial charge >= 0.3 is 0 Å².